The Labute approximate surface area is 77.6 Å². The zero-order valence-electron chi connectivity index (χ0n) is 7.40. The summed E-state index contributed by atoms with van der Waals surface area (Å²) in [5.74, 6) is 0. The number of fused-ring (bicyclic) bond motifs is 1. The summed E-state index contributed by atoms with van der Waals surface area (Å²) in [6.45, 7) is 0.918. The van der Waals surface area contributed by atoms with Crippen LogP contribution in [0.2, 0.25) is 0 Å². The standard InChI is InChI=1S/C11H12N2/c1-12-7-9-3-2-4-10-8-13-6-5-11(9)10/h2-6,8H,1,7,12H2. The van der Waals surface area contributed by atoms with Crippen LogP contribution in [0.15, 0.2) is 36.7 Å². The minimum atomic E-state index is 0.918. The van der Waals surface area contributed by atoms with Crippen LogP contribution in [0.4, 0.5) is 0 Å². The number of nitrogens with zero attached hydrogens (tertiary/aromatic N) is 1. The summed E-state index contributed by atoms with van der Waals surface area (Å²) in [7, 11) is 3.75. The maximum atomic E-state index is 4.09. The van der Waals surface area contributed by atoms with Gasteiger partial charge in [-0.15, -0.1) is 0 Å². The number of aromatic nitrogens is 1. The molecule has 0 aliphatic rings. The van der Waals surface area contributed by atoms with Gasteiger partial charge in [-0.1, -0.05) is 18.2 Å². The molecule has 0 bridgehead atoms. The molecule has 2 aromatic rings. The first-order valence-electron chi connectivity index (χ1n) is 4.34. The van der Waals surface area contributed by atoms with Gasteiger partial charge in [0.15, 0.2) is 0 Å². The molecule has 1 aromatic carbocycles. The second-order valence-corrected chi connectivity index (χ2v) is 3.01. The normalized spacial score (nSPS) is 10.5. The molecule has 0 atom stereocenters. The van der Waals surface area contributed by atoms with Crippen molar-refractivity contribution in [3.63, 3.8) is 0 Å². The molecule has 0 amide bonds. The number of nitrogens with two attached hydrogens (primary N) is 1. The fourth-order valence-corrected chi connectivity index (χ4v) is 1.52. The van der Waals surface area contributed by atoms with E-state index in [-0.39, 0.29) is 0 Å². The van der Waals surface area contributed by atoms with Crippen LogP contribution in [0.1, 0.15) is 5.56 Å². The number of pyridine rings is 1. The molecule has 0 radical (unpaired) electrons. The highest BCUT2D eigenvalue weighted by Crippen LogP contribution is 2.15. The van der Waals surface area contributed by atoms with Gasteiger partial charge in [0, 0.05) is 23.3 Å². The molecule has 0 unspecified atom stereocenters. The lowest BCUT2D eigenvalue weighted by atomic mass is 10.1. The lowest BCUT2D eigenvalue weighted by Gasteiger charge is -2.04. The molecule has 0 saturated carbocycles. The zero-order valence-corrected chi connectivity index (χ0v) is 7.40. The van der Waals surface area contributed by atoms with E-state index < -0.39 is 0 Å². The van der Waals surface area contributed by atoms with Crippen molar-refractivity contribution in [1.29, 1.82) is 0 Å². The lowest BCUT2D eigenvalue weighted by Crippen LogP contribution is -2.74. The average Bonchev–Trinajstić information content (AvgIpc) is 2.19. The largest absolute Gasteiger partial charge is 0.475 e. The molecule has 1 heterocycles. The van der Waals surface area contributed by atoms with Crippen molar-refractivity contribution in [3.8, 4) is 0 Å². The third kappa shape index (κ3) is 1.53. The molecule has 2 nitrogen and oxygen atoms in total. The molecular weight excluding hydrogens is 160 g/mol. The van der Waals surface area contributed by atoms with Crippen LogP contribution in [-0.4, -0.2) is 4.98 Å². The number of quaternary nitrogens is 1. The Morgan fingerprint density at radius 3 is 3.08 bits per heavy atom. The van der Waals surface area contributed by atoms with E-state index in [0.29, 0.717) is 0 Å². The highest BCUT2D eigenvalue weighted by molar-refractivity contribution is 5.84. The zero-order chi connectivity index (χ0) is 9.10. The fraction of sp³-hybridized carbons (Fsp3) is 0.0909. The third-order valence-electron chi connectivity index (χ3n) is 2.14. The molecule has 13 heavy (non-hydrogen) atoms. The van der Waals surface area contributed by atoms with Crippen molar-refractivity contribution in [1.82, 2.24) is 4.98 Å². The Morgan fingerprint density at radius 2 is 2.23 bits per heavy atom. The van der Waals surface area contributed by atoms with E-state index in [0.717, 1.165) is 6.54 Å². The van der Waals surface area contributed by atoms with Crippen LogP contribution in [0, 0.1) is 7.05 Å². The maximum Gasteiger partial charge on any atom is 0.0779 e. The minimum Gasteiger partial charge on any atom is -0.475 e. The van der Waals surface area contributed by atoms with Crippen LogP contribution in [0.3, 0.4) is 0 Å². The molecule has 0 fully saturated rings. The Bertz CT molecular complexity index is 404. The van der Waals surface area contributed by atoms with Gasteiger partial charge in [-0.3, -0.25) is 4.98 Å². The predicted octanol–water partition coefficient (Wildman–Crippen LogP) is 1.09. The van der Waals surface area contributed by atoms with Gasteiger partial charge in [0.2, 0.25) is 0 Å². The van der Waals surface area contributed by atoms with Crippen LogP contribution in [-0.2, 0) is 6.54 Å². The Hall–Kier alpha value is -1.41. The van der Waals surface area contributed by atoms with Gasteiger partial charge in [0.05, 0.1) is 6.54 Å². The van der Waals surface area contributed by atoms with Crippen LogP contribution in [0.25, 0.3) is 10.8 Å². The van der Waals surface area contributed by atoms with Crippen molar-refractivity contribution in [3.05, 3.63) is 49.3 Å². The van der Waals surface area contributed by atoms with E-state index in [4.69, 9.17) is 0 Å². The number of rotatable bonds is 2. The van der Waals surface area contributed by atoms with Crippen molar-refractivity contribution in [2.24, 2.45) is 0 Å². The summed E-state index contributed by atoms with van der Waals surface area (Å²) < 4.78 is 0. The maximum absolute atomic E-state index is 4.09. The van der Waals surface area contributed by atoms with E-state index in [9.17, 15) is 0 Å². The van der Waals surface area contributed by atoms with Gasteiger partial charge in [-0.2, -0.15) is 7.05 Å². The summed E-state index contributed by atoms with van der Waals surface area (Å²) in [5, 5.41) is 4.40. The van der Waals surface area contributed by atoms with Crippen LogP contribution < -0.4 is 5.32 Å². The molecule has 0 aliphatic heterocycles. The molecular formula is C11H12N2. The van der Waals surface area contributed by atoms with Crippen molar-refractivity contribution < 1.29 is 5.32 Å². The predicted molar refractivity (Wildman–Crippen MR) is 52.7 cm³/mol. The third-order valence-corrected chi connectivity index (χ3v) is 2.14. The van der Waals surface area contributed by atoms with Crippen molar-refractivity contribution in [2.75, 3.05) is 0 Å². The number of benzene rings is 1. The van der Waals surface area contributed by atoms with E-state index in [1.165, 1.54) is 16.3 Å². The van der Waals surface area contributed by atoms with E-state index >= 15 is 0 Å². The van der Waals surface area contributed by atoms with Gasteiger partial charge in [-0.05, 0) is 11.5 Å². The SMILES string of the molecule is [CH2-][NH2+]Cc1cccc2cnccc12. The smallest absolute Gasteiger partial charge is 0.0779 e. The first kappa shape index (κ1) is 8.20. The molecule has 0 aliphatic carbocycles. The lowest BCUT2D eigenvalue weighted by molar-refractivity contribution is -0.612. The van der Waals surface area contributed by atoms with Crippen molar-refractivity contribution >= 4 is 10.8 Å². The molecule has 2 N–H and O–H groups in total. The van der Waals surface area contributed by atoms with Crippen molar-refractivity contribution in [2.45, 2.75) is 6.54 Å². The van der Waals surface area contributed by atoms with E-state index in [1.807, 2.05) is 23.8 Å². The summed E-state index contributed by atoms with van der Waals surface area (Å²) in [5.41, 5.74) is 1.31. The highest BCUT2D eigenvalue weighted by atomic mass is 14.8. The Morgan fingerprint density at radius 1 is 1.31 bits per heavy atom. The van der Waals surface area contributed by atoms with Gasteiger partial charge >= 0.3 is 0 Å². The topological polar surface area (TPSA) is 29.5 Å². The van der Waals surface area contributed by atoms with Crippen LogP contribution in [0.5, 0.6) is 0 Å². The molecule has 0 spiro atoms. The summed E-state index contributed by atoms with van der Waals surface area (Å²) in [6.07, 6.45) is 3.72. The molecule has 2 heteroatoms. The Balaban J connectivity index is 2.61. The fourth-order valence-electron chi connectivity index (χ4n) is 1.52. The monoisotopic (exact) mass is 172 g/mol. The first-order chi connectivity index (χ1) is 6.42. The quantitative estimate of drug-likeness (QED) is 0.675. The van der Waals surface area contributed by atoms with Gasteiger partial charge in [-0.25, -0.2) is 0 Å². The second kappa shape index (κ2) is 3.54. The van der Waals surface area contributed by atoms with Crippen LogP contribution >= 0.6 is 0 Å². The average molecular weight is 172 g/mol. The van der Waals surface area contributed by atoms with E-state index in [2.05, 4.69) is 30.2 Å². The van der Waals surface area contributed by atoms with E-state index in [1.54, 1.807) is 0 Å². The van der Waals surface area contributed by atoms with Gasteiger partial charge < -0.3 is 5.32 Å². The molecule has 0 saturated heterocycles. The molecule has 66 valence electrons. The summed E-state index contributed by atoms with van der Waals surface area (Å²) in [4.78, 5) is 4.09. The number of hydrogen-bond donors (Lipinski definition) is 1. The van der Waals surface area contributed by atoms with Gasteiger partial charge in [0.1, 0.15) is 0 Å². The minimum absolute atomic E-state index is 0.918. The first-order valence-corrected chi connectivity index (χ1v) is 4.34. The van der Waals surface area contributed by atoms with Gasteiger partial charge in [0.25, 0.3) is 0 Å². The second-order valence-electron chi connectivity index (χ2n) is 3.01. The molecule has 1 aromatic heterocycles. The Kier molecular flexibility index (Phi) is 2.23. The summed E-state index contributed by atoms with van der Waals surface area (Å²) in [6, 6.07) is 8.32. The highest BCUT2D eigenvalue weighted by Gasteiger charge is 1.98. The molecule has 2 rings (SSSR count). The number of hydrogen-bond acceptors (Lipinski definition) is 1. The summed E-state index contributed by atoms with van der Waals surface area (Å²) >= 11 is 0.